The van der Waals surface area contributed by atoms with Gasteiger partial charge >= 0.3 is 0 Å². The molecule has 5 nitrogen and oxygen atoms in total. The second kappa shape index (κ2) is 5.75. The van der Waals surface area contributed by atoms with Gasteiger partial charge in [-0.3, -0.25) is 10.1 Å². The molecule has 0 aliphatic rings. The number of rotatable bonds is 5. The minimum Gasteiger partial charge on any atom is -0.497 e. The molecule has 0 fully saturated rings. The molecule has 0 atom stereocenters. The Bertz CT molecular complexity index is 401. The smallest absolute Gasteiger partial charge is 0.235 e. The Balaban J connectivity index is 3.02. The molecule has 0 amide bonds. The Hall–Kier alpha value is -2.04. The highest BCUT2D eigenvalue weighted by Crippen LogP contribution is 2.25. The van der Waals surface area contributed by atoms with Crippen molar-refractivity contribution in [2.45, 2.75) is 6.92 Å². The summed E-state index contributed by atoms with van der Waals surface area (Å²) in [6.07, 6.45) is 2.27. The van der Waals surface area contributed by atoms with Crippen LogP contribution in [0.5, 0.6) is 11.5 Å². The van der Waals surface area contributed by atoms with Gasteiger partial charge in [-0.2, -0.15) is 0 Å². The van der Waals surface area contributed by atoms with Crippen molar-refractivity contribution in [1.29, 1.82) is 0 Å². The maximum absolute atomic E-state index is 10.2. The summed E-state index contributed by atoms with van der Waals surface area (Å²) in [4.78, 5) is 9.70. The highest BCUT2D eigenvalue weighted by molar-refractivity contribution is 5.58. The summed E-state index contributed by atoms with van der Waals surface area (Å²) in [5.74, 6) is 1.22. The summed E-state index contributed by atoms with van der Waals surface area (Å²) in [6.45, 7) is 2.34. The van der Waals surface area contributed by atoms with Gasteiger partial charge in [0.05, 0.1) is 18.6 Å². The molecule has 0 aliphatic heterocycles. The van der Waals surface area contributed by atoms with Gasteiger partial charge in [0.25, 0.3) is 0 Å². The fourth-order valence-corrected chi connectivity index (χ4v) is 1.20. The first-order chi connectivity index (χ1) is 7.67. The molecule has 0 spiro atoms. The largest absolute Gasteiger partial charge is 0.497 e. The van der Waals surface area contributed by atoms with E-state index in [2.05, 4.69) is 0 Å². The van der Waals surface area contributed by atoms with Gasteiger partial charge in [-0.25, -0.2) is 0 Å². The van der Waals surface area contributed by atoms with Crippen LogP contribution in [0.1, 0.15) is 12.5 Å². The summed E-state index contributed by atoms with van der Waals surface area (Å²) in [5, 5.41) is 10.2. The van der Waals surface area contributed by atoms with E-state index in [9.17, 15) is 10.1 Å². The topological polar surface area (TPSA) is 61.6 Å². The molecule has 5 heteroatoms. The van der Waals surface area contributed by atoms with Crippen molar-refractivity contribution in [3.63, 3.8) is 0 Å². The van der Waals surface area contributed by atoms with E-state index in [-0.39, 0.29) is 0 Å². The first-order valence-corrected chi connectivity index (χ1v) is 4.80. The first-order valence-electron chi connectivity index (χ1n) is 4.80. The van der Waals surface area contributed by atoms with E-state index in [0.29, 0.717) is 23.7 Å². The SMILES string of the molecule is CCOc1cc(OC)ccc1C=C[N+](=O)[O-]. The Kier molecular flexibility index (Phi) is 4.32. The van der Waals surface area contributed by atoms with E-state index in [1.165, 1.54) is 6.08 Å². The summed E-state index contributed by atoms with van der Waals surface area (Å²) in [6, 6.07) is 5.13. The predicted molar refractivity (Wildman–Crippen MR) is 60.2 cm³/mol. The minimum atomic E-state index is -0.514. The highest BCUT2D eigenvalue weighted by atomic mass is 16.6. The van der Waals surface area contributed by atoms with Gasteiger partial charge in [0.1, 0.15) is 11.5 Å². The van der Waals surface area contributed by atoms with E-state index in [4.69, 9.17) is 9.47 Å². The van der Waals surface area contributed by atoms with E-state index in [0.717, 1.165) is 6.20 Å². The molecule has 0 heterocycles. The Labute approximate surface area is 93.4 Å². The number of nitro groups is 1. The van der Waals surface area contributed by atoms with Gasteiger partial charge in [0.2, 0.25) is 6.20 Å². The van der Waals surface area contributed by atoms with Crippen LogP contribution in [0.3, 0.4) is 0 Å². The molecular weight excluding hydrogens is 210 g/mol. The minimum absolute atomic E-state index is 0.493. The van der Waals surface area contributed by atoms with Crippen LogP contribution in [0.2, 0.25) is 0 Å². The Morgan fingerprint density at radius 2 is 2.25 bits per heavy atom. The molecule has 0 unspecified atom stereocenters. The molecule has 1 aromatic rings. The van der Waals surface area contributed by atoms with Gasteiger partial charge < -0.3 is 9.47 Å². The molecule has 0 aromatic heterocycles. The number of benzene rings is 1. The number of nitrogens with zero attached hydrogens (tertiary/aromatic N) is 1. The van der Waals surface area contributed by atoms with E-state index in [1.54, 1.807) is 25.3 Å². The third-order valence-electron chi connectivity index (χ3n) is 1.90. The zero-order valence-electron chi connectivity index (χ0n) is 9.17. The molecule has 0 N–H and O–H groups in total. The fourth-order valence-electron chi connectivity index (χ4n) is 1.20. The molecule has 16 heavy (non-hydrogen) atoms. The van der Waals surface area contributed by atoms with Crippen LogP contribution >= 0.6 is 0 Å². The van der Waals surface area contributed by atoms with Crippen molar-refractivity contribution in [3.05, 3.63) is 40.1 Å². The maximum Gasteiger partial charge on any atom is 0.235 e. The lowest BCUT2D eigenvalue weighted by Gasteiger charge is -2.08. The highest BCUT2D eigenvalue weighted by Gasteiger charge is 2.03. The van der Waals surface area contributed by atoms with Crippen LogP contribution in [0, 0.1) is 10.1 Å². The van der Waals surface area contributed by atoms with Gasteiger partial charge in [0, 0.05) is 17.7 Å². The average Bonchev–Trinajstić information content (AvgIpc) is 2.27. The third kappa shape index (κ3) is 3.27. The Morgan fingerprint density at radius 3 is 2.81 bits per heavy atom. The lowest BCUT2D eigenvalue weighted by Crippen LogP contribution is -1.95. The fraction of sp³-hybridized carbons (Fsp3) is 0.273. The molecule has 0 saturated carbocycles. The number of hydrogen-bond acceptors (Lipinski definition) is 4. The van der Waals surface area contributed by atoms with Gasteiger partial charge in [-0.1, -0.05) is 0 Å². The van der Waals surface area contributed by atoms with E-state index in [1.807, 2.05) is 6.92 Å². The quantitative estimate of drug-likeness (QED) is 0.567. The molecule has 1 rings (SSSR count). The second-order valence-electron chi connectivity index (χ2n) is 2.94. The van der Waals surface area contributed by atoms with Gasteiger partial charge in [0.15, 0.2) is 0 Å². The zero-order chi connectivity index (χ0) is 12.0. The van der Waals surface area contributed by atoms with Crippen LogP contribution in [0.4, 0.5) is 0 Å². The average molecular weight is 223 g/mol. The monoisotopic (exact) mass is 223 g/mol. The molecule has 0 radical (unpaired) electrons. The lowest BCUT2D eigenvalue weighted by atomic mass is 10.2. The molecule has 1 aromatic carbocycles. The third-order valence-corrected chi connectivity index (χ3v) is 1.90. The van der Waals surface area contributed by atoms with Crippen molar-refractivity contribution in [2.24, 2.45) is 0 Å². The van der Waals surface area contributed by atoms with Gasteiger partial charge in [-0.05, 0) is 19.1 Å². The number of methoxy groups -OCH3 is 1. The number of hydrogen-bond donors (Lipinski definition) is 0. The molecule has 86 valence electrons. The van der Waals surface area contributed by atoms with Crippen LogP contribution < -0.4 is 9.47 Å². The lowest BCUT2D eigenvalue weighted by molar-refractivity contribution is -0.400. The van der Waals surface area contributed by atoms with Crippen molar-refractivity contribution in [1.82, 2.24) is 0 Å². The van der Waals surface area contributed by atoms with Crippen molar-refractivity contribution >= 4 is 6.08 Å². The standard InChI is InChI=1S/C11H13NO4/c1-3-16-11-8-10(15-2)5-4-9(11)6-7-12(13)14/h4-8H,3H2,1-2H3. The molecule has 0 bridgehead atoms. The van der Waals surface area contributed by atoms with E-state index < -0.39 is 4.92 Å². The van der Waals surface area contributed by atoms with Crippen LogP contribution in [0.25, 0.3) is 6.08 Å². The molecular formula is C11H13NO4. The number of ether oxygens (including phenoxy) is 2. The Morgan fingerprint density at radius 1 is 1.50 bits per heavy atom. The summed E-state index contributed by atoms with van der Waals surface area (Å²) < 4.78 is 10.4. The first kappa shape index (κ1) is 12.0. The van der Waals surface area contributed by atoms with Crippen LogP contribution in [0.15, 0.2) is 24.4 Å². The van der Waals surface area contributed by atoms with Crippen molar-refractivity contribution in [2.75, 3.05) is 13.7 Å². The predicted octanol–water partition coefficient (Wildman–Crippen LogP) is 2.34. The summed E-state index contributed by atoms with van der Waals surface area (Å²) in [5.41, 5.74) is 0.652. The van der Waals surface area contributed by atoms with Crippen molar-refractivity contribution < 1.29 is 14.4 Å². The van der Waals surface area contributed by atoms with Gasteiger partial charge in [-0.15, -0.1) is 0 Å². The van der Waals surface area contributed by atoms with Crippen LogP contribution in [-0.4, -0.2) is 18.6 Å². The molecule has 0 saturated heterocycles. The zero-order valence-corrected chi connectivity index (χ0v) is 9.17. The summed E-state index contributed by atoms with van der Waals surface area (Å²) >= 11 is 0. The van der Waals surface area contributed by atoms with Crippen LogP contribution in [-0.2, 0) is 0 Å². The summed E-state index contributed by atoms with van der Waals surface area (Å²) in [7, 11) is 1.55. The molecule has 0 aliphatic carbocycles. The van der Waals surface area contributed by atoms with Crippen molar-refractivity contribution in [3.8, 4) is 11.5 Å². The maximum atomic E-state index is 10.2. The second-order valence-corrected chi connectivity index (χ2v) is 2.94. The normalized spacial score (nSPS) is 10.4. The van der Waals surface area contributed by atoms with E-state index >= 15 is 0 Å².